The van der Waals surface area contributed by atoms with Crippen molar-refractivity contribution in [1.82, 2.24) is 34.1 Å². The topological polar surface area (TPSA) is 141 Å². The van der Waals surface area contributed by atoms with E-state index in [-0.39, 0.29) is 38.3 Å². The number of fused-ring (bicyclic) bond motifs is 2. The minimum Gasteiger partial charge on any atom is -0.455 e. The van der Waals surface area contributed by atoms with E-state index in [1.165, 1.54) is 4.90 Å². The van der Waals surface area contributed by atoms with Gasteiger partial charge in [0.05, 0.1) is 66.9 Å². The Morgan fingerprint density at radius 1 is 0.846 bits per heavy atom. The highest BCUT2D eigenvalue weighted by Gasteiger charge is 2.46. The van der Waals surface area contributed by atoms with Crippen molar-refractivity contribution in [3.05, 3.63) is 130 Å². The summed E-state index contributed by atoms with van der Waals surface area (Å²) in [7, 11) is 7.62. The van der Waals surface area contributed by atoms with Crippen LogP contribution in [0.25, 0.3) is 11.4 Å². The number of rotatable bonds is 12. The van der Waals surface area contributed by atoms with Crippen LogP contribution >= 0.6 is 23.2 Å². The number of pyridine rings is 1. The maximum absolute atomic E-state index is 15.0. The number of hydrogen-bond acceptors (Lipinski definition) is 9. The Balaban J connectivity index is 1.22. The first kappa shape index (κ1) is 47.4. The lowest BCUT2D eigenvalue weighted by molar-refractivity contribution is -0.153. The number of aliphatic hydroxyl groups excluding tert-OH is 1. The zero-order chi connectivity index (χ0) is 46.4. The molecule has 7 rings (SSSR count). The van der Waals surface area contributed by atoms with Gasteiger partial charge in [-0.05, 0) is 94.2 Å². The van der Waals surface area contributed by atoms with E-state index in [0.29, 0.717) is 65.2 Å². The molecule has 2 bridgehead atoms. The molecule has 4 atom stereocenters. The number of carbonyl (C=O) groups excluding carboxylic acids is 4. The van der Waals surface area contributed by atoms with Gasteiger partial charge in [0.25, 0.3) is 0 Å². The van der Waals surface area contributed by atoms with E-state index >= 15 is 0 Å². The number of aliphatic hydroxyl groups is 1. The molecule has 0 unspecified atom stereocenters. The van der Waals surface area contributed by atoms with Gasteiger partial charge in [-0.2, -0.15) is 0 Å². The first-order valence-corrected chi connectivity index (χ1v) is 22.8. The summed E-state index contributed by atoms with van der Waals surface area (Å²) in [6.45, 7) is 2.31. The molecule has 0 aliphatic carbocycles. The summed E-state index contributed by atoms with van der Waals surface area (Å²) < 4.78 is 8.40. The quantitative estimate of drug-likeness (QED) is 0.137. The van der Waals surface area contributed by atoms with Crippen molar-refractivity contribution in [2.24, 2.45) is 18.9 Å². The number of amides is 3. The molecule has 2 saturated heterocycles. The Kier molecular flexibility index (Phi) is 15.1. The summed E-state index contributed by atoms with van der Waals surface area (Å²) in [5, 5.41) is 11.7. The molecule has 2 aliphatic heterocycles. The summed E-state index contributed by atoms with van der Waals surface area (Å²) in [6, 6.07) is 24.7. The van der Waals surface area contributed by atoms with Crippen LogP contribution in [0.3, 0.4) is 0 Å². The third kappa shape index (κ3) is 11.1. The molecule has 1 N–H and O–H groups in total. The number of hydrogen-bond donors (Lipinski definition) is 1. The van der Waals surface area contributed by atoms with E-state index in [4.69, 9.17) is 27.9 Å². The average Bonchev–Trinajstić information content (AvgIpc) is 3.65. The Bertz CT molecular complexity index is 2480. The van der Waals surface area contributed by atoms with Gasteiger partial charge in [-0.15, -0.1) is 0 Å². The number of ether oxygens (including phenoxy) is 1. The predicted molar refractivity (Wildman–Crippen MR) is 250 cm³/mol. The van der Waals surface area contributed by atoms with E-state index in [9.17, 15) is 24.3 Å². The van der Waals surface area contributed by atoms with Crippen LogP contribution in [0, 0.1) is 11.8 Å². The van der Waals surface area contributed by atoms with Crippen LogP contribution in [0.5, 0.6) is 11.5 Å². The number of ketones is 1. The fourth-order valence-corrected chi connectivity index (χ4v) is 9.38. The third-order valence-electron chi connectivity index (χ3n) is 12.9. The molecular formula is C50H57Cl2N7O6. The number of carbonyl (C=O) groups is 4. The van der Waals surface area contributed by atoms with Crippen molar-refractivity contribution in [2.75, 3.05) is 40.8 Å². The van der Waals surface area contributed by atoms with E-state index in [0.717, 1.165) is 22.6 Å². The molecule has 15 heteroatoms. The van der Waals surface area contributed by atoms with Gasteiger partial charge in [0, 0.05) is 55.6 Å². The molecule has 4 heterocycles. The Labute approximate surface area is 390 Å². The number of halogens is 2. The second-order valence-electron chi connectivity index (χ2n) is 17.7. The van der Waals surface area contributed by atoms with Gasteiger partial charge in [-0.25, -0.2) is 4.98 Å². The van der Waals surface area contributed by atoms with Gasteiger partial charge in [0.2, 0.25) is 17.7 Å². The molecule has 65 heavy (non-hydrogen) atoms. The minimum absolute atomic E-state index is 0.0781. The van der Waals surface area contributed by atoms with Crippen molar-refractivity contribution < 1.29 is 29.0 Å². The zero-order valence-corrected chi connectivity index (χ0v) is 39.1. The van der Waals surface area contributed by atoms with Crippen LogP contribution in [0.2, 0.25) is 10.0 Å². The number of nitrogens with zero attached hydrogens (tertiary/aromatic N) is 7. The Morgan fingerprint density at radius 3 is 2.28 bits per heavy atom. The van der Waals surface area contributed by atoms with E-state index < -0.39 is 47.6 Å². The molecule has 13 nitrogen and oxygen atoms in total. The van der Waals surface area contributed by atoms with Gasteiger partial charge in [-0.3, -0.25) is 24.2 Å². The van der Waals surface area contributed by atoms with Gasteiger partial charge >= 0.3 is 0 Å². The maximum atomic E-state index is 15.0. The van der Waals surface area contributed by atoms with Crippen LogP contribution in [0.15, 0.2) is 97.3 Å². The van der Waals surface area contributed by atoms with Crippen LogP contribution in [0.4, 0.5) is 0 Å². The summed E-state index contributed by atoms with van der Waals surface area (Å²) in [5.74, 6) is -1.63. The summed E-state index contributed by atoms with van der Waals surface area (Å²) >= 11 is 12.8. The van der Waals surface area contributed by atoms with Crippen LogP contribution in [0.1, 0.15) is 55.1 Å². The standard InChI is InChI=1S/C50H57Cl2N7O6/c1-33-44(61)23-38(31-60)48(63)57(5)50(26-35-12-15-39(51)16-13-35)20-9-21-58(32-50)49(64)37(22-34-10-7-6-8-11-34)24-47(62)59(33)29-36-14-17-40(52)25-45(36)65-41-18-19-42(53-27-41)43-28-54-46(56(43)4)30-55(2)3/h6-8,10-19,25,27-28,33,37-38,60H,9,20-24,26,29-32H2,1-5H3/t33-,37+,38-,50+/m0/s1. The fraction of sp³-hybridized carbons (Fsp3) is 0.400. The van der Waals surface area contributed by atoms with E-state index in [2.05, 4.69) is 9.97 Å². The molecule has 5 aromatic rings. The van der Waals surface area contributed by atoms with Crippen molar-refractivity contribution in [2.45, 2.75) is 70.1 Å². The van der Waals surface area contributed by atoms with Crippen molar-refractivity contribution in [3.8, 4) is 22.9 Å². The zero-order valence-electron chi connectivity index (χ0n) is 37.6. The highest BCUT2D eigenvalue weighted by Crippen LogP contribution is 2.36. The summed E-state index contributed by atoms with van der Waals surface area (Å²) in [4.78, 5) is 75.1. The molecule has 0 radical (unpaired) electrons. The first-order valence-electron chi connectivity index (χ1n) is 22.0. The largest absolute Gasteiger partial charge is 0.455 e. The lowest BCUT2D eigenvalue weighted by atomic mass is 9.80. The molecule has 0 saturated carbocycles. The maximum Gasteiger partial charge on any atom is 0.228 e. The molecule has 0 spiro atoms. The van der Waals surface area contributed by atoms with Crippen LogP contribution in [-0.2, 0) is 52.2 Å². The van der Waals surface area contributed by atoms with Gasteiger partial charge in [0.1, 0.15) is 17.3 Å². The lowest BCUT2D eigenvalue weighted by Gasteiger charge is -2.50. The normalized spacial score (nSPS) is 21.2. The van der Waals surface area contributed by atoms with Crippen LogP contribution < -0.4 is 4.74 Å². The molecule has 2 aliphatic rings. The molecular weight excluding hydrogens is 865 g/mol. The van der Waals surface area contributed by atoms with Gasteiger partial charge in [0.15, 0.2) is 5.78 Å². The second kappa shape index (κ2) is 20.7. The van der Waals surface area contributed by atoms with Crippen molar-refractivity contribution >= 4 is 46.7 Å². The monoisotopic (exact) mass is 921 g/mol. The molecule has 3 amide bonds. The lowest BCUT2D eigenvalue weighted by Crippen LogP contribution is -2.63. The average molecular weight is 923 g/mol. The SMILES string of the molecule is C[C@H]1C(=O)C[C@@H](CO)C(=O)N(C)[C@@]2(Cc3ccc(Cl)cc3)CCCN(C2)C(=O)[C@H](Cc2ccccc2)CC(=O)N1Cc1ccc(Cl)cc1Oc1ccc(-c2cnc(CN(C)C)n2C)nc1. The number of benzene rings is 3. The van der Waals surface area contributed by atoms with Crippen molar-refractivity contribution in [1.29, 1.82) is 0 Å². The molecule has 2 aromatic heterocycles. The minimum atomic E-state index is -1.08. The number of likely N-dealkylation sites (N-methyl/N-ethyl adjacent to an activating group) is 1. The van der Waals surface area contributed by atoms with Crippen LogP contribution in [-0.4, -0.2) is 115 Å². The number of Topliss-reactive ketones (excluding diaryl/α,β-unsaturated/α-hetero) is 1. The second-order valence-corrected chi connectivity index (χ2v) is 18.6. The predicted octanol–water partition coefficient (Wildman–Crippen LogP) is 7.25. The number of piperidine rings is 1. The number of imidazole rings is 1. The summed E-state index contributed by atoms with van der Waals surface area (Å²) in [5.41, 5.74) is 3.06. The molecule has 2 fully saturated rings. The first-order chi connectivity index (χ1) is 31.1. The van der Waals surface area contributed by atoms with E-state index in [1.54, 1.807) is 72.6 Å². The molecule has 3 aromatic carbocycles. The van der Waals surface area contributed by atoms with E-state index in [1.807, 2.05) is 79.1 Å². The highest BCUT2D eigenvalue weighted by atomic mass is 35.5. The Morgan fingerprint density at radius 2 is 1.58 bits per heavy atom. The van der Waals surface area contributed by atoms with Crippen molar-refractivity contribution in [3.63, 3.8) is 0 Å². The fourth-order valence-electron chi connectivity index (χ4n) is 9.09. The highest BCUT2D eigenvalue weighted by molar-refractivity contribution is 6.31. The number of aromatic nitrogens is 3. The molecule has 342 valence electrons. The van der Waals surface area contributed by atoms with Gasteiger partial charge < -0.3 is 34.0 Å². The Hall–Kier alpha value is -5.60. The third-order valence-corrected chi connectivity index (χ3v) is 13.3. The summed E-state index contributed by atoms with van der Waals surface area (Å²) in [6.07, 6.45) is 4.82. The smallest absolute Gasteiger partial charge is 0.228 e. The van der Waals surface area contributed by atoms with Gasteiger partial charge in [-0.1, -0.05) is 71.7 Å².